The molecule has 1 amide bonds. The molecule has 2 heterocycles. The van der Waals surface area contributed by atoms with Gasteiger partial charge in [-0.15, -0.1) is 0 Å². The first-order valence-electron chi connectivity index (χ1n) is 7.68. The molecule has 26 heavy (non-hydrogen) atoms. The van der Waals surface area contributed by atoms with Crippen molar-refractivity contribution in [3.05, 3.63) is 77.3 Å². The first kappa shape index (κ1) is 16.2. The highest BCUT2D eigenvalue weighted by atomic mass is 35.5. The van der Waals surface area contributed by atoms with E-state index in [0.29, 0.717) is 33.3 Å². The molecule has 128 valence electrons. The zero-order valence-electron chi connectivity index (χ0n) is 13.2. The molecule has 4 aromatic rings. The number of rotatable bonds is 3. The third-order valence-electron chi connectivity index (χ3n) is 3.77. The van der Waals surface area contributed by atoms with Crippen LogP contribution < -0.4 is 5.32 Å². The zero-order chi connectivity index (χ0) is 18.1. The van der Waals surface area contributed by atoms with Gasteiger partial charge in [0.1, 0.15) is 11.3 Å². The van der Waals surface area contributed by atoms with Gasteiger partial charge >= 0.3 is 0 Å². The molecule has 0 aliphatic carbocycles. The van der Waals surface area contributed by atoms with E-state index in [4.69, 9.17) is 16.0 Å². The van der Waals surface area contributed by atoms with Crippen LogP contribution in [0.2, 0.25) is 5.02 Å². The van der Waals surface area contributed by atoms with Crippen molar-refractivity contribution in [2.75, 3.05) is 5.32 Å². The van der Waals surface area contributed by atoms with E-state index >= 15 is 0 Å². The fourth-order valence-electron chi connectivity index (χ4n) is 2.49. The molecule has 4 rings (SSSR count). The van der Waals surface area contributed by atoms with Gasteiger partial charge in [0.2, 0.25) is 5.89 Å². The number of amides is 1. The van der Waals surface area contributed by atoms with Gasteiger partial charge in [0, 0.05) is 17.8 Å². The molecule has 1 N–H and O–H groups in total. The minimum Gasteiger partial charge on any atom is -0.436 e. The highest BCUT2D eigenvalue weighted by molar-refractivity contribution is 6.34. The summed E-state index contributed by atoms with van der Waals surface area (Å²) in [6, 6.07) is 12.4. The fourth-order valence-corrected chi connectivity index (χ4v) is 2.66. The second kappa shape index (κ2) is 6.57. The zero-order valence-corrected chi connectivity index (χ0v) is 14.0. The van der Waals surface area contributed by atoms with Crippen molar-refractivity contribution in [3.8, 4) is 11.5 Å². The van der Waals surface area contributed by atoms with Crippen LogP contribution in [0, 0.1) is 5.82 Å². The van der Waals surface area contributed by atoms with Crippen LogP contribution in [0.3, 0.4) is 0 Å². The molecule has 0 unspecified atom stereocenters. The minimum atomic E-state index is -0.608. The number of aromatic nitrogens is 2. The lowest BCUT2D eigenvalue weighted by Gasteiger charge is -2.09. The molecule has 7 heteroatoms. The SMILES string of the molecule is O=C(Nc1cc(-c2nc3cnccc3o2)ccc1Cl)c1ccccc1F. The van der Waals surface area contributed by atoms with Crippen molar-refractivity contribution in [3.63, 3.8) is 0 Å². The van der Waals surface area contributed by atoms with Gasteiger partial charge in [0.15, 0.2) is 5.58 Å². The van der Waals surface area contributed by atoms with Gasteiger partial charge in [-0.1, -0.05) is 23.7 Å². The van der Waals surface area contributed by atoms with E-state index < -0.39 is 11.7 Å². The van der Waals surface area contributed by atoms with Crippen LogP contribution in [0.5, 0.6) is 0 Å². The number of nitrogens with one attached hydrogen (secondary N) is 1. The average Bonchev–Trinajstić information content (AvgIpc) is 3.08. The minimum absolute atomic E-state index is 0.0677. The summed E-state index contributed by atoms with van der Waals surface area (Å²) in [5, 5.41) is 2.93. The summed E-state index contributed by atoms with van der Waals surface area (Å²) in [7, 11) is 0. The van der Waals surface area contributed by atoms with Gasteiger partial charge in [-0.2, -0.15) is 0 Å². The van der Waals surface area contributed by atoms with Crippen LogP contribution in [0.15, 0.2) is 65.3 Å². The summed E-state index contributed by atoms with van der Waals surface area (Å²) >= 11 is 6.16. The Kier molecular flexibility index (Phi) is 4.10. The fraction of sp³-hybridized carbons (Fsp3) is 0. The van der Waals surface area contributed by atoms with E-state index in [2.05, 4.69) is 15.3 Å². The summed E-state index contributed by atoms with van der Waals surface area (Å²) in [4.78, 5) is 20.7. The smallest absolute Gasteiger partial charge is 0.258 e. The topological polar surface area (TPSA) is 68.0 Å². The number of pyridine rings is 1. The number of carbonyl (C=O) groups is 1. The van der Waals surface area contributed by atoms with Gasteiger partial charge < -0.3 is 9.73 Å². The number of anilines is 1. The Bertz CT molecular complexity index is 1090. The van der Waals surface area contributed by atoms with Crippen molar-refractivity contribution >= 4 is 34.3 Å². The van der Waals surface area contributed by atoms with Crippen LogP contribution in [-0.4, -0.2) is 15.9 Å². The summed E-state index contributed by atoms with van der Waals surface area (Å²) in [5.41, 5.74) is 2.10. The quantitative estimate of drug-likeness (QED) is 0.557. The highest BCUT2D eigenvalue weighted by Crippen LogP contribution is 2.30. The molecule has 0 spiro atoms. The number of oxazole rings is 1. The first-order valence-corrected chi connectivity index (χ1v) is 8.06. The van der Waals surface area contributed by atoms with Gasteiger partial charge in [0.25, 0.3) is 5.91 Å². The second-order valence-corrected chi connectivity index (χ2v) is 5.90. The van der Waals surface area contributed by atoms with Gasteiger partial charge in [-0.25, -0.2) is 9.37 Å². The number of benzene rings is 2. The van der Waals surface area contributed by atoms with Crippen LogP contribution >= 0.6 is 11.6 Å². The van der Waals surface area contributed by atoms with Crippen LogP contribution in [-0.2, 0) is 0 Å². The molecule has 5 nitrogen and oxygen atoms in total. The Morgan fingerprint density at radius 1 is 1.15 bits per heavy atom. The number of hydrogen-bond donors (Lipinski definition) is 1. The lowest BCUT2D eigenvalue weighted by molar-refractivity contribution is 0.102. The molecule has 0 radical (unpaired) electrons. The Morgan fingerprint density at radius 3 is 2.81 bits per heavy atom. The van der Waals surface area contributed by atoms with Crippen LogP contribution in [0.4, 0.5) is 10.1 Å². The molecule has 0 aliphatic rings. The molecule has 0 aliphatic heterocycles. The number of carbonyl (C=O) groups excluding carboxylic acids is 1. The summed E-state index contributed by atoms with van der Waals surface area (Å²) in [6.07, 6.45) is 3.21. The van der Waals surface area contributed by atoms with Crippen molar-refractivity contribution in [1.29, 1.82) is 0 Å². The third-order valence-corrected chi connectivity index (χ3v) is 4.10. The molecule has 0 saturated heterocycles. The molecular weight excluding hydrogens is 357 g/mol. The molecule has 0 bridgehead atoms. The van der Waals surface area contributed by atoms with Crippen molar-refractivity contribution in [2.45, 2.75) is 0 Å². The molecule has 0 atom stereocenters. The average molecular weight is 368 g/mol. The number of fused-ring (bicyclic) bond motifs is 1. The molecule has 0 fully saturated rings. The molecule has 2 aromatic heterocycles. The number of nitrogens with zero attached hydrogens (tertiary/aromatic N) is 2. The van der Waals surface area contributed by atoms with Crippen molar-refractivity contribution in [1.82, 2.24) is 9.97 Å². The highest BCUT2D eigenvalue weighted by Gasteiger charge is 2.15. The van der Waals surface area contributed by atoms with Gasteiger partial charge in [-0.05, 0) is 30.3 Å². The van der Waals surface area contributed by atoms with Crippen molar-refractivity contribution < 1.29 is 13.6 Å². The Hall–Kier alpha value is -3.25. The van der Waals surface area contributed by atoms with E-state index in [1.807, 2.05) is 0 Å². The lowest BCUT2D eigenvalue weighted by Crippen LogP contribution is -2.14. The largest absolute Gasteiger partial charge is 0.436 e. The second-order valence-electron chi connectivity index (χ2n) is 5.49. The predicted octanol–water partition coefficient (Wildman–Crippen LogP) is 4.93. The Labute approximate surface area is 152 Å². The summed E-state index contributed by atoms with van der Waals surface area (Å²) in [5.74, 6) is -0.835. The maximum absolute atomic E-state index is 13.8. The number of halogens is 2. The van der Waals surface area contributed by atoms with Crippen LogP contribution in [0.1, 0.15) is 10.4 Å². The Morgan fingerprint density at radius 2 is 2.00 bits per heavy atom. The first-order chi connectivity index (χ1) is 12.6. The molecular formula is C19H11ClFN3O2. The van der Waals surface area contributed by atoms with Crippen molar-refractivity contribution in [2.24, 2.45) is 0 Å². The predicted molar refractivity (Wildman–Crippen MR) is 96.6 cm³/mol. The van der Waals surface area contributed by atoms with Gasteiger partial charge in [0.05, 0.1) is 22.5 Å². The summed E-state index contributed by atoms with van der Waals surface area (Å²) in [6.45, 7) is 0. The molecule has 2 aromatic carbocycles. The monoisotopic (exact) mass is 367 g/mol. The van der Waals surface area contributed by atoms with E-state index in [0.717, 1.165) is 0 Å². The summed E-state index contributed by atoms with van der Waals surface area (Å²) < 4.78 is 19.5. The van der Waals surface area contributed by atoms with E-state index in [1.54, 1.807) is 42.7 Å². The van der Waals surface area contributed by atoms with E-state index in [9.17, 15) is 9.18 Å². The lowest BCUT2D eigenvalue weighted by atomic mass is 10.1. The van der Waals surface area contributed by atoms with E-state index in [-0.39, 0.29) is 5.56 Å². The van der Waals surface area contributed by atoms with E-state index in [1.165, 1.54) is 18.2 Å². The third kappa shape index (κ3) is 3.02. The standard InChI is InChI=1S/C19H11ClFN3O2/c20-13-6-5-11(19-24-16-10-22-8-7-17(16)26-19)9-15(13)23-18(25)12-3-1-2-4-14(12)21/h1-10H,(H,23,25). The van der Waals surface area contributed by atoms with Crippen LogP contribution in [0.25, 0.3) is 22.6 Å². The van der Waals surface area contributed by atoms with Gasteiger partial charge in [-0.3, -0.25) is 9.78 Å². The number of hydrogen-bond acceptors (Lipinski definition) is 4. The maximum Gasteiger partial charge on any atom is 0.258 e. The normalized spacial score (nSPS) is 10.8. The molecule has 0 saturated carbocycles. The Balaban J connectivity index is 1.68. The maximum atomic E-state index is 13.8.